The van der Waals surface area contributed by atoms with Crippen molar-refractivity contribution in [2.45, 2.75) is 33.2 Å². The first-order valence-corrected chi connectivity index (χ1v) is 12.5. The molecule has 0 aliphatic carbocycles. The Morgan fingerprint density at radius 2 is 1.97 bits per heavy atom. The lowest BCUT2D eigenvalue weighted by Gasteiger charge is -2.30. The molecule has 1 aliphatic heterocycles. The quantitative estimate of drug-likeness (QED) is 0.403. The van der Waals surface area contributed by atoms with Crippen molar-refractivity contribution in [3.8, 4) is 5.75 Å². The summed E-state index contributed by atoms with van der Waals surface area (Å²) >= 11 is 14.2. The maximum absolute atomic E-state index is 11.4. The Morgan fingerprint density at radius 1 is 1.21 bits per heavy atom. The molecule has 176 valence electrons. The molecule has 1 N–H and O–H groups in total. The number of amidine groups is 1. The fourth-order valence-corrected chi connectivity index (χ4v) is 5.17. The van der Waals surface area contributed by atoms with Crippen LogP contribution < -0.4 is 4.74 Å². The highest BCUT2D eigenvalue weighted by Crippen LogP contribution is 2.38. The Labute approximate surface area is 209 Å². The third kappa shape index (κ3) is 6.92. The van der Waals surface area contributed by atoms with Gasteiger partial charge in [-0.15, -0.1) is 11.8 Å². The highest BCUT2D eigenvalue weighted by Gasteiger charge is 2.23. The second-order valence-electron chi connectivity index (χ2n) is 8.19. The van der Waals surface area contributed by atoms with Crippen molar-refractivity contribution < 1.29 is 14.6 Å². The van der Waals surface area contributed by atoms with E-state index in [0.717, 1.165) is 34.8 Å². The number of halogens is 2. The number of hydrogen-bond donors (Lipinski definition) is 1. The Balaban J connectivity index is 2.02. The van der Waals surface area contributed by atoms with Crippen LogP contribution in [0.3, 0.4) is 0 Å². The minimum Gasteiger partial charge on any atom is -0.496 e. The van der Waals surface area contributed by atoms with Crippen LogP contribution in [0.4, 0.5) is 0 Å². The number of ether oxygens (including phenoxy) is 1. The van der Waals surface area contributed by atoms with Crippen molar-refractivity contribution in [1.29, 1.82) is 0 Å². The molecule has 3 rings (SSSR count). The first-order valence-electron chi connectivity index (χ1n) is 10.8. The zero-order chi connectivity index (χ0) is 24.0. The molecule has 33 heavy (non-hydrogen) atoms. The Hall–Kier alpha value is -2.15. The molecule has 1 heterocycles. The number of thioether (sulfide) groups is 1. The van der Waals surface area contributed by atoms with Crippen LogP contribution in [0.15, 0.2) is 52.4 Å². The average molecular weight is 507 g/mol. The van der Waals surface area contributed by atoms with E-state index in [1.54, 1.807) is 24.9 Å². The summed E-state index contributed by atoms with van der Waals surface area (Å²) in [5.41, 5.74) is 2.75. The first-order chi connectivity index (χ1) is 15.8. The summed E-state index contributed by atoms with van der Waals surface area (Å²) in [5.74, 6) is 1.90. The number of carboxylic acids is 1. The summed E-state index contributed by atoms with van der Waals surface area (Å²) in [6.07, 6.45) is 0.919. The van der Waals surface area contributed by atoms with Crippen molar-refractivity contribution in [3.63, 3.8) is 0 Å². The first kappa shape index (κ1) is 25.5. The van der Waals surface area contributed by atoms with Gasteiger partial charge < -0.3 is 14.7 Å². The summed E-state index contributed by atoms with van der Waals surface area (Å²) in [5, 5.41) is 10.3. The lowest BCUT2D eigenvalue weighted by Crippen LogP contribution is -2.35. The Kier molecular flexibility index (Phi) is 9.12. The fraction of sp³-hybridized carbons (Fsp3) is 0.360. The highest BCUT2D eigenvalue weighted by molar-refractivity contribution is 8.04. The van der Waals surface area contributed by atoms with E-state index in [1.807, 2.05) is 41.3 Å². The number of carbonyl (C=O) groups is 1. The van der Waals surface area contributed by atoms with Gasteiger partial charge >= 0.3 is 5.97 Å². The number of para-hydroxylation sites is 1. The van der Waals surface area contributed by atoms with Gasteiger partial charge in [-0.05, 0) is 30.5 Å². The maximum Gasteiger partial charge on any atom is 0.305 e. The topological polar surface area (TPSA) is 62.1 Å². The summed E-state index contributed by atoms with van der Waals surface area (Å²) in [7, 11) is 1.64. The number of allylic oxidation sites excluding steroid dienone is 1. The van der Waals surface area contributed by atoms with Crippen LogP contribution in [0.1, 0.15) is 37.8 Å². The number of aliphatic imine (C=N–C) groups is 1. The predicted molar refractivity (Wildman–Crippen MR) is 138 cm³/mol. The van der Waals surface area contributed by atoms with Crippen LogP contribution in [0.5, 0.6) is 5.75 Å². The Morgan fingerprint density at radius 3 is 2.64 bits per heavy atom. The summed E-state index contributed by atoms with van der Waals surface area (Å²) in [6.45, 7) is 5.21. The number of aliphatic carboxylic acids is 1. The van der Waals surface area contributed by atoms with Crippen molar-refractivity contribution >= 4 is 52.5 Å². The highest BCUT2D eigenvalue weighted by atomic mass is 35.5. The van der Waals surface area contributed by atoms with Gasteiger partial charge in [-0.25, -0.2) is 4.99 Å². The van der Waals surface area contributed by atoms with Crippen LogP contribution in [-0.2, 0) is 11.3 Å². The summed E-state index contributed by atoms with van der Waals surface area (Å²) < 4.78 is 5.51. The molecular weight excluding hydrogens is 479 g/mol. The zero-order valence-electron chi connectivity index (χ0n) is 19.0. The van der Waals surface area contributed by atoms with Gasteiger partial charge in [0.25, 0.3) is 0 Å². The van der Waals surface area contributed by atoms with Gasteiger partial charge in [-0.2, -0.15) is 0 Å². The summed E-state index contributed by atoms with van der Waals surface area (Å²) in [6, 6.07) is 13.3. The SMILES string of the molecule is COc1ccccc1CN(CCC(=O)O)C1=NC(c2ccc(Cl)c(Cl)c2)=C(CC(C)C)SC1. The lowest BCUT2D eigenvalue weighted by atomic mass is 10.1. The van der Waals surface area contributed by atoms with Crippen molar-refractivity contribution in [2.75, 3.05) is 19.4 Å². The standard InChI is InChI=1S/C25H28Cl2N2O3S/c1-16(2)12-22-25(17-8-9-19(26)20(27)13-17)28-23(15-33-22)29(11-10-24(30)31)14-18-6-4-5-7-21(18)32-3/h4-9,13,16H,10-12,14-15H2,1-3H3,(H,30,31). The van der Waals surface area contributed by atoms with Crippen molar-refractivity contribution in [3.05, 3.63) is 68.5 Å². The average Bonchev–Trinajstić information content (AvgIpc) is 2.78. The third-order valence-electron chi connectivity index (χ3n) is 5.18. The molecule has 0 fully saturated rings. The van der Waals surface area contributed by atoms with E-state index in [-0.39, 0.29) is 6.42 Å². The normalized spacial score (nSPS) is 13.8. The van der Waals surface area contributed by atoms with Crippen LogP contribution in [0.2, 0.25) is 10.0 Å². The van der Waals surface area contributed by atoms with Gasteiger partial charge in [-0.1, -0.05) is 61.3 Å². The van der Waals surface area contributed by atoms with Gasteiger partial charge in [0, 0.05) is 29.1 Å². The molecule has 0 bridgehead atoms. The predicted octanol–water partition coefficient (Wildman–Crippen LogP) is 6.84. The van der Waals surface area contributed by atoms with E-state index in [4.69, 9.17) is 32.9 Å². The number of nitrogens with zero attached hydrogens (tertiary/aromatic N) is 2. The minimum absolute atomic E-state index is 0.0174. The molecule has 0 radical (unpaired) electrons. The van der Waals surface area contributed by atoms with E-state index in [2.05, 4.69) is 13.8 Å². The van der Waals surface area contributed by atoms with Crippen molar-refractivity contribution in [2.24, 2.45) is 10.9 Å². The largest absolute Gasteiger partial charge is 0.496 e. The molecule has 0 atom stereocenters. The molecule has 2 aromatic rings. The molecule has 0 spiro atoms. The number of rotatable bonds is 9. The van der Waals surface area contributed by atoms with E-state index < -0.39 is 5.97 Å². The van der Waals surface area contributed by atoms with Gasteiger partial charge in [0.2, 0.25) is 0 Å². The van der Waals surface area contributed by atoms with Crippen LogP contribution >= 0.6 is 35.0 Å². The van der Waals surface area contributed by atoms with Crippen LogP contribution in [-0.4, -0.2) is 41.2 Å². The molecule has 0 amide bonds. The molecule has 1 aliphatic rings. The van der Waals surface area contributed by atoms with Gasteiger partial charge in [0.1, 0.15) is 11.6 Å². The molecule has 2 aromatic carbocycles. The van der Waals surface area contributed by atoms with E-state index in [0.29, 0.717) is 34.8 Å². The monoisotopic (exact) mass is 506 g/mol. The fourth-order valence-electron chi connectivity index (χ4n) is 3.57. The number of carboxylic acid groups (broad SMARTS) is 1. The Bertz CT molecular complexity index is 1070. The number of hydrogen-bond acceptors (Lipinski definition) is 5. The molecule has 0 saturated heterocycles. The van der Waals surface area contributed by atoms with Crippen LogP contribution in [0.25, 0.3) is 5.70 Å². The van der Waals surface area contributed by atoms with Gasteiger partial charge in [0.05, 0.1) is 35.0 Å². The van der Waals surface area contributed by atoms with E-state index in [9.17, 15) is 9.90 Å². The third-order valence-corrected chi connectivity index (χ3v) is 7.03. The number of benzene rings is 2. The molecule has 5 nitrogen and oxygen atoms in total. The van der Waals surface area contributed by atoms with Gasteiger partial charge in [0.15, 0.2) is 0 Å². The maximum atomic E-state index is 11.4. The molecule has 0 saturated carbocycles. The minimum atomic E-state index is -0.843. The molecule has 8 heteroatoms. The second-order valence-corrected chi connectivity index (χ2v) is 10.1. The zero-order valence-corrected chi connectivity index (χ0v) is 21.3. The van der Waals surface area contributed by atoms with Crippen LogP contribution in [0, 0.1) is 5.92 Å². The number of methoxy groups -OCH3 is 1. The van der Waals surface area contributed by atoms with Crippen molar-refractivity contribution in [1.82, 2.24) is 4.90 Å². The molecule has 0 aromatic heterocycles. The summed E-state index contributed by atoms with van der Waals surface area (Å²) in [4.78, 5) is 19.6. The smallest absolute Gasteiger partial charge is 0.305 e. The second kappa shape index (κ2) is 11.8. The van der Waals surface area contributed by atoms with E-state index in [1.165, 1.54) is 4.91 Å². The van der Waals surface area contributed by atoms with Gasteiger partial charge in [-0.3, -0.25) is 4.79 Å². The molecule has 0 unspecified atom stereocenters. The molecular formula is C25H28Cl2N2O3S. The van der Waals surface area contributed by atoms with E-state index >= 15 is 0 Å². The lowest BCUT2D eigenvalue weighted by molar-refractivity contribution is -0.137.